The lowest BCUT2D eigenvalue weighted by molar-refractivity contribution is -0.126. The summed E-state index contributed by atoms with van der Waals surface area (Å²) < 4.78 is 7.89. The molecule has 1 aliphatic carbocycles. The third-order valence-electron chi connectivity index (χ3n) is 5.66. The number of halogens is 1. The first-order valence-corrected chi connectivity index (χ1v) is 10.8. The van der Waals surface area contributed by atoms with Crippen LogP contribution >= 0.6 is 23.8 Å². The number of nitrogens with zero attached hydrogens (tertiary/aromatic N) is 3. The van der Waals surface area contributed by atoms with Crippen LogP contribution in [0.2, 0.25) is 5.02 Å². The van der Waals surface area contributed by atoms with Gasteiger partial charge in [0.15, 0.2) is 10.6 Å². The zero-order valence-corrected chi connectivity index (χ0v) is 18.3. The number of aromatic nitrogens is 3. The quantitative estimate of drug-likeness (QED) is 0.661. The summed E-state index contributed by atoms with van der Waals surface area (Å²) in [5, 5.41) is 10.5. The third-order valence-corrected chi connectivity index (χ3v) is 6.18. The number of likely N-dealkylation sites (tertiary alicyclic amines) is 1. The number of nitrogens with one attached hydrogen (secondary N) is 2. The number of carbonyl (C=O) groups is 2. The van der Waals surface area contributed by atoms with E-state index in [1.165, 1.54) is 7.11 Å². The molecule has 2 heterocycles. The van der Waals surface area contributed by atoms with Crippen LogP contribution in [0.15, 0.2) is 18.2 Å². The standard InChI is InChI=1S/C20H24ClN5O3S/c1-29-16-5-2-13(21)10-15(16)19(28)25-8-6-12(7-9-25)18(27)22-11-17-23-24-20(30)26(17)14-3-4-14/h2,5,10,12,14H,3-4,6-9,11H2,1H3,(H,22,27)(H,24,30). The van der Waals surface area contributed by atoms with Gasteiger partial charge in [0.2, 0.25) is 5.91 Å². The second kappa shape index (κ2) is 8.77. The van der Waals surface area contributed by atoms with Crippen molar-refractivity contribution < 1.29 is 14.3 Å². The Kier molecular flexibility index (Phi) is 6.10. The minimum absolute atomic E-state index is 0.0151. The molecule has 8 nitrogen and oxygen atoms in total. The van der Waals surface area contributed by atoms with Crippen molar-refractivity contribution in [2.24, 2.45) is 5.92 Å². The van der Waals surface area contributed by atoms with Gasteiger partial charge in [0, 0.05) is 30.1 Å². The van der Waals surface area contributed by atoms with Gasteiger partial charge in [-0.25, -0.2) is 0 Å². The van der Waals surface area contributed by atoms with Crippen LogP contribution < -0.4 is 10.1 Å². The molecule has 160 valence electrons. The topological polar surface area (TPSA) is 92.2 Å². The first kappa shape index (κ1) is 20.9. The van der Waals surface area contributed by atoms with E-state index in [0.29, 0.717) is 59.6 Å². The first-order chi connectivity index (χ1) is 14.5. The number of aromatic amines is 1. The molecule has 1 aliphatic heterocycles. The van der Waals surface area contributed by atoms with Crippen molar-refractivity contribution in [1.29, 1.82) is 0 Å². The minimum Gasteiger partial charge on any atom is -0.496 e. The largest absolute Gasteiger partial charge is 0.496 e. The summed E-state index contributed by atoms with van der Waals surface area (Å²) >= 11 is 11.3. The molecule has 0 spiro atoms. The van der Waals surface area contributed by atoms with E-state index in [2.05, 4.69) is 15.5 Å². The number of amides is 2. The van der Waals surface area contributed by atoms with Gasteiger partial charge < -0.3 is 15.0 Å². The highest BCUT2D eigenvalue weighted by atomic mass is 35.5. The van der Waals surface area contributed by atoms with Gasteiger partial charge in [0.1, 0.15) is 5.75 Å². The van der Waals surface area contributed by atoms with Crippen molar-refractivity contribution in [3.63, 3.8) is 0 Å². The molecule has 1 aromatic heterocycles. The number of hydrogen-bond donors (Lipinski definition) is 2. The van der Waals surface area contributed by atoms with Gasteiger partial charge in [-0.3, -0.25) is 19.3 Å². The Morgan fingerprint density at radius 3 is 2.70 bits per heavy atom. The second-order valence-corrected chi connectivity index (χ2v) is 8.50. The van der Waals surface area contributed by atoms with Crippen LogP contribution in [0.3, 0.4) is 0 Å². The first-order valence-electron chi connectivity index (χ1n) is 10.0. The van der Waals surface area contributed by atoms with Gasteiger partial charge in [-0.2, -0.15) is 5.10 Å². The number of benzene rings is 1. The zero-order chi connectivity index (χ0) is 21.3. The Morgan fingerprint density at radius 1 is 1.30 bits per heavy atom. The molecule has 2 aliphatic rings. The smallest absolute Gasteiger partial charge is 0.257 e. The van der Waals surface area contributed by atoms with Crippen molar-refractivity contribution in [3.05, 3.63) is 39.4 Å². The molecule has 0 atom stereocenters. The van der Waals surface area contributed by atoms with Crippen LogP contribution in [0.1, 0.15) is 47.9 Å². The van der Waals surface area contributed by atoms with Crippen molar-refractivity contribution in [1.82, 2.24) is 25.0 Å². The van der Waals surface area contributed by atoms with E-state index >= 15 is 0 Å². The molecular weight excluding hydrogens is 426 g/mol. The molecule has 2 amide bonds. The van der Waals surface area contributed by atoms with Gasteiger partial charge in [0.05, 0.1) is 19.2 Å². The van der Waals surface area contributed by atoms with Crippen LogP contribution in [-0.4, -0.2) is 51.7 Å². The van der Waals surface area contributed by atoms with Gasteiger partial charge in [0.25, 0.3) is 5.91 Å². The lowest BCUT2D eigenvalue weighted by Gasteiger charge is -2.31. The molecule has 10 heteroatoms. The fourth-order valence-electron chi connectivity index (χ4n) is 3.84. The Labute approximate surface area is 184 Å². The van der Waals surface area contributed by atoms with Gasteiger partial charge >= 0.3 is 0 Å². The number of ether oxygens (including phenoxy) is 1. The van der Waals surface area contributed by atoms with Crippen LogP contribution in [0.5, 0.6) is 5.75 Å². The summed E-state index contributed by atoms with van der Waals surface area (Å²) in [6.45, 7) is 1.36. The average Bonchev–Trinajstić information content (AvgIpc) is 3.53. The number of carbonyl (C=O) groups excluding carboxylic acids is 2. The number of piperidine rings is 1. The number of H-pyrrole nitrogens is 1. The van der Waals surface area contributed by atoms with Crippen molar-refractivity contribution in [2.45, 2.75) is 38.3 Å². The fourth-order valence-corrected chi connectivity index (χ4v) is 4.32. The van der Waals surface area contributed by atoms with E-state index in [0.717, 1.165) is 18.7 Å². The highest BCUT2D eigenvalue weighted by Crippen LogP contribution is 2.35. The van der Waals surface area contributed by atoms with E-state index in [-0.39, 0.29) is 17.7 Å². The zero-order valence-electron chi connectivity index (χ0n) is 16.7. The third kappa shape index (κ3) is 4.37. The summed E-state index contributed by atoms with van der Waals surface area (Å²) in [5.41, 5.74) is 0.441. The van der Waals surface area contributed by atoms with E-state index in [1.807, 2.05) is 4.57 Å². The Morgan fingerprint density at radius 2 is 2.03 bits per heavy atom. The average molecular weight is 450 g/mol. The molecule has 1 saturated heterocycles. The molecule has 1 saturated carbocycles. The summed E-state index contributed by atoms with van der Waals surface area (Å²) in [6.07, 6.45) is 3.41. The molecule has 2 N–H and O–H groups in total. The molecule has 1 aromatic carbocycles. The van der Waals surface area contributed by atoms with E-state index in [4.69, 9.17) is 28.6 Å². The normalized spacial score (nSPS) is 17.1. The summed E-state index contributed by atoms with van der Waals surface area (Å²) in [4.78, 5) is 27.3. The Balaban J connectivity index is 1.32. The predicted molar refractivity (Wildman–Crippen MR) is 114 cm³/mol. The van der Waals surface area contributed by atoms with Crippen molar-refractivity contribution in [3.8, 4) is 5.75 Å². The van der Waals surface area contributed by atoms with Crippen LogP contribution in [-0.2, 0) is 11.3 Å². The van der Waals surface area contributed by atoms with E-state index in [1.54, 1.807) is 23.1 Å². The Bertz CT molecular complexity index is 1010. The molecule has 2 aromatic rings. The predicted octanol–water partition coefficient (Wildman–Crippen LogP) is 3.11. The summed E-state index contributed by atoms with van der Waals surface area (Å²) in [7, 11) is 1.53. The summed E-state index contributed by atoms with van der Waals surface area (Å²) in [6, 6.07) is 5.40. The maximum absolute atomic E-state index is 12.9. The highest BCUT2D eigenvalue weighted by Gasteiger charge is 2.30. The minimum atomic E-state index is -0.133. The maximum atomic E-state index is 12.9. The molecule has 0 radical (unpaired) electrons. The molecule has 4 rings (SSSR count). The molecule has 30 heavy (non-hydrogen) atoms. The second-order valence-electron chi connectivity index (χ2n) is 7.68. The molecule has 0 bridgehead atoms. The van der Waals surface area contributed by atoms with Gasteiger partial charge in [-0.05, 0) is 56.1 Å². The highest BCUT2D eigenvalue weighted by molar-refractivity contribution is 7.71. The number of methoxy groups -OCH3 is 1. The maximum Gasteiger partial charge on any atom is 0.257 e. The van der Waals surface area contributed by atoms with Crippen LogP contribution in [0.4, 0.5) is 0 Å². The lowest BCUT2D eigenvalue weighted by Crippen LogP contribution is -2.43. The fraction of sp³-hybridized carbons (Fsp3) is 0.500. The molecular formula is C20H24ClN5O3S. The monoisotopic (exact) mass is 449 g/mol. The molecule has 2 fully saturated rings. The number of hydrogen-bond acceptors (Lipinski definition) is 5. The van der Waals surface area contributed by atoms with E-state index in [9.17, 15) is 9.59 Å². The SMILES string of the molecule is COc1ccc(Cl)cc1C(=O)N1CCC(C(=O)NCc2n[nH]c(=S)n2C2CC2)CC1. The number of rotatable bonds is 6. The van der Waals surface area contributed by atoms with Crippen LogP contribution in [0.25, 0.3) is 0 Å². The van der Waals surface area contributed by atoms with E-state index < -0.39 is 0 Å². The summed E-state index contributed by atoms with van der Waals surface area (Å²) in [5.74, 6) is 0.975. The lowest BCUT2D eigenvalue weighted by atomic mass is 9.95. The van der Waals surface area contributed by atoms with Crippen molar-refractivity contribution in [2.75, 3.05) is 20.2 Å². The van der Waals surface area contributed by atoms with Gasteiger partial charge in [-0.15, -0.1) is 0 Å². The van der Waals surface area contributed by atoms with Gasteiger partial charge in [-0.1, -0.05) is 11.6 Å². The Hall–Kier alpha value is -2.39. The van der Waals surface area contributed by atoms with Crippen molar-refractivity contribution >= 4 is 35.6 Å². The molecule has 0 unspecified atom stereocenters. The van der Waals surface area contributed by atoms with Crippen LogP contribution in [0, 0.1) is 10.7 Å².